The first-order valence-electron chi connectivity index (χ1n) is 6.08. The topological polar surface area (TPSA) is 74.6 Å². The molecule has 2 unspecified atom stereocenters. The van der Waals surface area contributed by atoms with E-state index in [9.17, 15) is 9.59 Å². The summed E-state index contributed by atoms with van der Waals surface area (Å²) in [6.45, 7) is 7.45. The number of rotatable bonds is 9. The smallest absolute Gasteiger partial charge is 0.331 e. The molecule has 2 atom stereocenters. The maximum Gasteiger partial charge on any atom is 0.331 e. The summed E-state index contributed by atoms with van der Waals surface area (Å²) < 4.78 is 0. The highest BCUT2D eigenvalue weighted by atomic mass is 16.4. The van der Waals surface area contributed by atoms with Crippen LogP contribution in [0.4, 0.5) is 0 Å². The first-order valence-corrected chi connectivity index (χ1v) is 6.08. The summed E-state index contributed by atoms with van der Waals surface area (Å²) in [6, 6.07) is 0. The Bertz CT molecular complexity index is 283. The number of aliphatic carboxylic acids is 2. The van der Waals surface area contributed by atoms with E-state index in [0.29, 0.717) is 6.42 Å². The van der Waals surface area contributed by atoms with Crippen molar-refractivity contribution in [3.05, 3.63) is 12.2 Å². The van der Waals surface area contributed by atoms with Crippen molar-refractivity contribution in [1.29, 1.82) is 0 Å². The zero-order valence-corrected chi connectivity index (χ0v) is 10.6. The van der Waals surface area contributed by atoms with Gasteiger partial charge in [0.25, 0.3) is 0 Å². The average molecular weight is 242 g/mol. The third-order valence-corrected chi connectivity index (χ3v) is 3.11. The van der Waals surface area contributed by atoms with Crippen molar-refractivity contribution in [1.82, 2.24) is 0 Å². The van der Waals surface area contributed by atoms with Crippen LogP contribution in [0.25, 0.3) is 0 Å². The molecule has 2 N–H and O–H groups in total. The quantitative estimate of drug-likeness (QED) is 0.609. The second-order valence-electron chi connectivity index (χ2n) is 4.37. The Morgan fingerprint density at radius 1 is 1.24 bits per heavy atom. The minimum absolute atomic E-state index is 0.215. The molecule has 4 heteroatoms. The molecular formula is C13H22O4. The number of carbonyl (C=O) groups is 2. The van der Waals surface area contributed by atoms with E-state index in [1.165, 1.54) is 0 Å². The van der Waals surface area contributed by atoms with Crippen molar-refractivity contribution in [2.75, 3.05) is 0 Å². The normalized spacial score (nSPS) is 14.0. The van der Waals surface area contributed by atoms with Crippen molar-refractivity contribution in [2.24, 2.45) is 11.8 Å². The molecule has 0 saturated carbocycles. The highest BCUT2D eigenvalue weighted by Gasteiger charge is 2.27. The van der Waals surface area contributed by atoms with Crippen LogP contribution in [0.5, 0.6) is 0 Å². The molecule has 0 radical (unpaired) electrons. The molecule has 0 heterocycles. The van der Waals surface area contributed by atoms with Gasteiger partial charge >= 0.3 is 11.9 Å². The fraction of sp³-hybridized carbons (Fsp3) is 0.692. The fourth-order valence-electron chi connectivity index (χ4n) is 1.86. The molecule has 0 aliphatic heterocycles. The zero-order chi connectivity index (χ0) is 13.4. The summed E-state index contributed by atoms with van der Waals surface area (Å²) in [5, 5.41) is 17.8. The van der Waals surface area contributed by atoms with Crippen LogP contribution >= 0.6 is 0 Å². The number of carboxylic acids is 2. The van der Waals surface area contributed by atoms with Gasteiger partial charge in [0, 0.05) is 5.57 Å². The molecule has 0 aliphatic rings. The van der Waals surface area contributed by atoms with Crippen LogP contribution in [0.1, 0.15) is 46.0 Å². The van der Waals surface area contributed by atoms with Crippen LogP contribution in [0.2, 0.25) is 0 Å². The van der Waals surface area contributed by atoms with E-state index in [1.54, 1.807) is 0 Å². The Hall–Kier alpha value is -1.32. The van der Waals surface area contributed by atoms with Crippen molar-refractivity contribution in [3.8, 4) is 0 Å². The van der Waals surface area contributed by atoms with Crippen molar-refractivity contribution >= 4 is 11.9 Å². The minimum atomic E-state index is -1.22. The van der Waals surface area contributed by atoms with Gasteiger partial charge in [-0.05, 0) is 12.3 Å². The van der Waals surface area contributed by atoms with E-state index in [0.717, 1.165) is 25.7 Å². The van der Waals surface area contributed by atoms with Gasteiger partial charge in [-0.3, -0.25) is 4.79 Å². The third kappa shape index (κ3) is 5.52. The fourth-order valence-corrected chi connectivity index (χ4v) is 1.86. The van der Waals surface area contributed by atoms with Gasteiger partial charge in [-0.2, -0.15) is 0 Å². The van der Waals surface area contributed by atoms with Gasteiger partial charge in [0.2, 0.25) is 0 Å². The Morgan fingerprint density at radius 3 is 2.18 bits per heavy atom. The van der Waals surface area contributed by atoms with Crippen LogP contribution in [0.15, 0.2) is 12.2 Å². The monoisotopic (exact) mass is 242 g/mol. The number of hydrogen-bond acceptors (Lipinski definition) is 2. The molecule has 0 aromatic rings. The SMILES string of the molecule is C=C(C(=O)O)C(CC(CC)CCCC)C(=O)O. The van der Waals surface area contributed by atoms with E-state index in [2.05, 4.69) is 13.5 Å². The minimum Gasteiger partial charge on any atom is -0.481 e. The summed E-state index contributed by atoms with van der Waals surface area (Å²) in [5.74, 6) is -3.02. The number of hydrogen-bond donors (Lipinski definition) is 2. The summed E-state index contributed by atoms with van der Waals surface area (Å²) in [7, 11) is 0. The predicted octanol–water partition coefficient (Wildman–Crippen LogP) is 2.93. The maximum absolute atomic E-state index is 11.0. The van der Waals surface area contributed by atoms with Crippen molar-refractivity contribution in [2.45, 2.75) is 46.0 Å². The molecule has 0 amide bonds. The molecule has 0 saturated heterocycles. The highest BCUT2D eigenvalue weighted by molar-refractivity contribution is 5.93. The summed E-state index contributed by atoms with van der Waals surface area (Å²) in [6.07, 6.45) is 4.30. The summed E-state index contributed by atoms with van der Waals surface area (Å²) in [4.78, 5) is 21.8. The first kappa shape index (κ1) is 15.7. The standard InChI is InChI=1S/C13H22O4/c1-4-6-7-10(5-2)8-11(13(16)17)9(3)12(14)15/h10-11H,3-8H2,1-2H3,(H,14,15)(H,16,17). The largest absolute Gasteiger partial charge is 0.481 e. The Balaban J connectivity index is 4.56. The first-order chi connectivity index (χ1) is 7.93. The maximum atomic E-state index is 11.0. The predicted molar refractivity (Wildman–Crippen MR) is 65.8 cm³/mol. The van der Waals surface area contributed by atoms with Crippen molar-refractivity contribution < 1.29 is 19.8 Å². The molecule has 0 aromatic carbocycles. The van der Waals surface area contributed by atoms with Crippen LogP contribution < -0.4 is 0 Å². The van der Waals surface area contributed by atoms with E-state index in [-0.39, 0.29) is 11.5 Å². The second-order valence-corrected chi connectivity index (χ2v) is 4.37. The molecule has 0 aromatic heterocycles. The van der Waals surface area contributed by atoms with Gasteiger partial charge in [-0.15, -0.1) is 0 Å². The Labute approximate surface area is 102 Å². The van der Waals surface area contributed by atoms with E-state index >= 15 is 0 Å². The van der Waals surface area contributed by atoms with Gasteiger partial charge < -0.3 is 10.2 Å². The lowest BCUT2D eigenvalue weighted by molar-refractivity contribution is -0.144. The second kappa shape index (κ2) is 7.87. The summed E-state index contributed by atoms with van der Waals surface area (Å²) in [5.41, 5.74) is -0.215. The van der Waals surface area contributed by atoms with Gasteiger partial charge in [0.1, 0.15) is 0 Å². The molecule has 0 rings (SSSR count). The Morgan fingerprint density at radius 2 is 1.82 bits per heavy atom. The average Bonchev–Trinajstić information content (AvgIpc) is 2.28. The van der Waals surface area contributed by atoms with E-state index in [1.807, 2.05) is 6.92 Å². The van der Waals surface area contributed by atoms with E-state index < -0.39 is 17.9 Å². The van der Waals surface area contributed by atoms with Crippen LogP contribution in [0.3, 0.4) is 0 Å². The lowest BCUT2D eigenvalue weighted by atomic mass is 9.85. The van der Waals surface area contributed by atoms with Gasteiger partial charge in [-0.1, -0.05) is 46.1 Å². The van der Waals surface area contributed by atoms with Gasteiger partial charge in [0.15, 0.2) is 0 Å². The van der Waals surface area contributed by atoms with Crippen LogP contribution in [-0.2, 0) is 9.59 Å². The molecule has 0 fully saturated rings. The van der Waals surface area contributed by atoms with Gasteiger partial charge in [-0.25, -0.2) is 4.79 Å². The molecule has 0 aliphatic carbocycles. The van der Waals surface area contributed by atoms with Crippen molar-refractivity contribution in [3.63, 3.8) is 0 Å². The molecule has 98 valence electrons. The molecular weight excluding hydrogens is 220 g/mol. The van der Waals surface area contributed by atoms with Gasteiger partial charge in [0.05, 0.1) is 5.92 Å². The Kier molecular flexibility index (Phi) is 7.26. The molecule has 0 spiro atoms. The number of unbranched alkanes of at least 4 members (excludes halogenated alkanes) is 1. The van der Waals surface area contributed by atoms with Crippen LogP contribution in [0, 0.1) is 11.8 Å². The zero-order valence-electron chi connectivity index (χ0n) is 10.6. The molecule has 4 nitrogen and oxygen atoms in total. The highest BCUT2D eigenvalue weighted by Crippen LogP contribution is 2.25. The number of carboxylic acid groups (broad SMARTS) is 2. The van der Waals surface area contributed by atoms with Crippen LogP contribution in [-0.4, -0.2) is 22.2 Å². The summed E-state index contributed by atoms with van der Waals surface area (Å²) >= 11 is 0. The lowest BCUT2D eigenvalue weighted by Gasteiger charge is -2.19. The third-order valence-electron chi connectivity index (χ3n) is 3.11. The molecule has 0 bridgehead atoms. The molecule has 17 heavy (non-hydrogen) atoms. The van der Waals surface area contributed by atoms with E-state index in [4.69, 9.17) is 10.2 Å². The lowest BCUT2D eigenvalue weighted by Crippen LogP contribution is -2.23.